The van der Waals surface area contributed by atoms with Crippen LogP contribution in [0.25, 0.3) is 0 Å². The third-order valence-electron chi connectivity index (χ3n) is 9.53. The van der Waals surface area contributed by atoms with Crippen LogP contribution in [0.2, 0.25) is 0 Å². The van der Waals surface area contributed by atoms with Gasteiger partial charge in [-0.25, -0.2) is 4.39 Å². The first kappa shape index (κ1) is 37.2. The Hall–Kier alpha value is -4.02. The number of aliphatic imine (C=N–C) groups is 1. The van der Waals surface area contributed by atoms with Crippen LogP contribution in [0.1, 0.15) is 53.7 Å². The summed E-state index contributed by atoms with van der Waals surface area (Å²) in [4.78, 5) is 34.1. The quantitative estimate of drug-likeness (QED) is 0.341. The molecular formula is C34H45ClFN11O2S. The highest BCUT2D eigenvalue weighted by molar-refractivity contribution is 7.16. The number of nitrogen functional groups attached to an aromatic ring is 1. The summed E-state index contributed by atoms with van der Waals surface area (Å²) in [6.45, 7) is 4.34. The predicted octanol–water partition coefficient (Wildman–Crippen LogP) is 3.21. The number of fused-ring (bicyclic) bond motifs is 3. The van der Waals surface area contributed by atoms with Crippen molar-refractivity contribution in [1.82, 2.24) is 19.8 Å². The number of nitrogens with zero attached hydrogens (tertiary/aromatic N) is 9. The number of methoxy groups -OCH3 is 1. The molecule has 3 fully saturated rings. The molecule has 4 N–H and O–H groups in total. The van der Waals surface area contributed by atoms with Crippen molar-refractivity contribution in [3.63, 3.8) is 0 Å². The number of nitriles is 2. The number of allylic oxidation sites excluding steroid dienone is 1. The minimum absolute atomic E-state index is 0.0895. The van der Waals surface area contributed by atoms with E-state index in [-0.39, 0.29) is 28.7 Å². The average Bonchev–Trinajstić information content (AvgIpc) is 3.78. The number of aldehydes is 1. The summed E-state index contributed by atoms with van der Waals surface area (Å²) in [5.41, 5.74) is 14.0. The highest BCUT2D eigenvalue weighted by Gasteiger charge is 2.52. The zero-order valence-electron chi connectivity index (χ0n) is 29.1. The van der Waals surface area contributed by atoms with Crippen LogP contribution in [-0.4, -0.2) is 118 Å². The molecule has 16 heteroatoms. The molecule has 1 aliphatic carbocycles. The van der Waals surface area contributed by atoms with Gasteiger partial charge in [-0.15, -0.1) is 11.3 Å². The van der Waals surface area contributed by atoms with E-state index in [1.54, 1.807) is 0 Å². The van der Waals surface area contributed by atoms with Crippen molar-refractivity contribution in [3.8, 4) is 18.1 Å². The van der Waals surface area contributed by atoms with Gasteiger partial charge in [0.05, 0.1) is 35.7 Å². The second-order valence-corrected chi connectivity index (χ2v) is 15.2. The zero-order chi connectivity index (χ0) is 36.2. The Morgan fingerprint density at radius 2 is 1.82 bits per heavy atom. The molecule has 0 radical (unpaired) electrons. The number of carbonyl (C=O) groups excluding carboxylic acids is 1. The molecule has 0 amide bonds. The van der Waals surface area contributed by atoms with E-state index in [9.17, 15) is 19.7 Å². The molecule has 50 heavy (non-hydrogen) atoms. The van der Waals surface area contributed by atoms with Crippen LogP contribution >= 0.6 is 22.9 Å². The summed E-state index contributed by atoms with van der Waals surface area (Å²) in [6, 6.07) is 5.31. The number of aromatic nitrogens is 2. The van der Waals surface area contributed by atoms with Crippen molar-refractivity contribution in [2.45, 2.75) is 56.2 Å². The lowest BCUT2D eigenvalue weighted by Gasteiger charge is -2.49. The van der Waals surface area contributed by atoms with Gasteiger partial charge in [0.25, 0.3) is 0 Å². The third-order valence-corrected chi connectivity index (χ3v) is 11.0. The van der Waals surface area contributed by atoms with Crippen LogP contribution < -0.4 is 26.0 Å². The number of hydrogen-bond donors (Lipinski definition) is 2. The monoisotopic (exact) mass is 725 g/mol. The van der Waals surface area contributed by atoms with E-state index in [1.165, 1.54) is 36.2 Å². The molecule has 5 aliphatic rings. The molecule has 3 saturated heterocycles. The molecule has 2 unspecified atom stereocenters. The fourth-order valence-corrected chi connectivity index (χ4v) is 8.69. The number of anilines is 3. The Labute approximate surface area is 301 Å². The number of nitrogens with two attached hydrogens (primary N) is 2. The fraction of sp³-hybridized carbons (Fsp3) is 0.588. The van der Waals surface area contributed by atoms with Crippen molar-refractivity contribution >= 4 is 51.6 Å². The molecule has 0 aromatic carbocycles. The lowest BCUT2D eigenvalue weighted by Crippen LogP contribution is -2.59. The van der Waals surface area contributed by atoms with Gasteiger partial charge in [-0.1, -0.05) is 11.6 Å². The third kappa shape index (κ3) is 7.66. The topological polar surface area (TPSA) is 177 Å². The molecule has 268 valence electrons. The second kappa shape index (κ2) is 15.9. The molecule has 2 aromatic heterocycles. The molecular weight excluding hydrogens is 681 g/mol. The minimum Gasteiger partial charge on any atom is -0.467 e. The number of alkyl halides is 1. The standard InChI is InChI=1S/C24H24ClN9O2S.C7H12FN.C3H9N/c1-36-23-31-21(33-6-2-5-30-16(9-33)19(25)15(28)10-35)14(8-27)22(32-23)34-11-24(12-34)4-3-17-18(24)13(7-26)20(29)37-17;8-6-4-7-2-1-3-9(7)5-6;1-4(2)3/h10H,2-6,9,11-12,28-29H2,1H3;6-7H,1-5H2;1-3H3/b19-15+;;. The molecule has 0 saturated carbocycles. The van der Waals surface area contributed by atoms with E-state index in [0.29, 0.717) is 84.9 Å². The van der Waals surface area contributed by atoms with Crippen molar-refractivity contribution < 1.29 is 13.9 Å². The molecule has 13 nitrogen and oxygen atoms in total. The molecule has 2 aromatic rings. The van der Waals surface area contributed by atoms with E-state index < -0.39 is 6.17 Å². The van der Waals surface area contributed by atoms with E-state index in [0.717, 1.165) is 31.4 Å². The van der Waals surface area contributed by atoms with E-state index in [2.05, 4.69) is 32.0 Å². The van der Waals surface area contributed by atoms with Gasteiger partial charge in [0.2, 0.25) is 0 Å². The van der Waals surface area contributed by atoms with Crippen LogP contribution in [0.5, 0.6) is 6.01 Å². The lowest BCUT2D eigenvalue weighted by molar-refractivity contribution is -0.105. The van der Waals surface area contributed by atoms with Gasteiger partial charge in [0.15, 0.2) is 17.9 Å². The van der Waals surface area contributed by atoms with Gasteiger partial charge in [0, 0.05) is 49.1 Å². The van der Waals surface area contributed by atoms with Crippen LogP contribution in [0, 0.1) is 22.7 Å². The van der Waals surface area contributed by atoms with Gasteiger partial charge in [-0.05, 0) is 71.8 Å². The number of aryl methyl sites for hydroxylation is 1. The average molecular weight is 726 g/mol. The first-order valence-corrected chi connectivity index (χ1v) is 18.0. The number of ether oxygens (including phenoxy) is 1. The second-order valence-electron chi connectivity index (χ2n) is 13.7. The Morgan fingerprint density at radius 1 is 1.14 bits per heavy atom. The Morgan fingerprint density at radius 3 is 2.44 bits per heavy atom. The highest BCUT2D eigenvalue weighted by atomic mass is 35.5. The maximum atomic E-state index is 12.6. The normalized spacial score (nSPS) is 22.4. The SMILES string of the molecule is CN(C)C.COc1nc(N2CCCN=C(/C(Cl)=C(\N)C=O)C2)c(C#N)c(N2CC3(CCc4sc(N)c(C#N)c43)C2)n1.FC1CC2CCCN2C1. The minimum atomic E-state index is -0.518. The van der Waals surface area contributed by atoms with E-state index >= 15 is 0 Å². The van der Waals surface area contributed by atoms with Crippen LogP contribution in [0.3, 0.4) is 0 Å². The Kier molecular flexibility index (Phi) is 11.8. The van der Waals surface area contributed by atoms with Crippen molar-refractivity contribution in [1.29, 1.82) is 10.5 Å². The van der Waals surface area contributed by atoms with Crippen LogP contribution in [0.15, 0.2) is 15.7 Å². The highest BCUT2D eigenvalue weighted by Crippen LogP contribution is 2.53. The molecule has 0 bridgehead atoms. The smallest absolute Gasteiger partial charge is 0.320 e. The van der Waals surface area contributed by atoms with Crippen molar-refractivity contribution in [3.05, 3.63) is 32.3 Å². The van der Waals surface area contributed by atoms with Gasteiger partial charge in [-0.3, -0.25) is 14.7 Å². The molecule has 6 heterocycles. The molecule has 7 rings (SSSR count). The molecule has 2 atom stereocenters. The number of rotatable bonds is 5. The summed E-state index contributed by atoms with van der Waals surface area (Å²) in [7, 11) is 7.48. The lowest BCUT2D eigenvalue weighted by atomic mass is 9.74. The Bertz CT molecular complexity index is 1710. The number of halogens is 2. The molecule has 4 aliphatic heterocycles. The first-order valence-electron chi connectivity index (χ1n) is 16.8. The van der Waals surface area contributed by atoms with Gasteiger partial charge < -0.3 is 30.9 Å². The Balaban J connectivity index is 0.000000312. The maximum Gasteiger partial charge on any atom is 0.320 e. The summed E-state index contributed by atoms with van der Waals surface area (Å²) < 4.78 is 18.0. The van der Waals surface area contributed by atoms with E-state index in [1.807, 2.05) is 35.8 Å². The van der Waals surface area contributed by atoms with Crippen LogP contribution in [0.4, 0.5) is 21.0 Å². The summed E-state index contributed by atoms with van der Waals surface area (Å²) >= 11 is 7.82. The van der Waals surface area contributed by atoms with Gasteiger partial charge >= 0.3 is 6.01 Å². The van der Waals surface area contributed by atoms with Crippen molar-refractivity contribution in [2.75, 3.05) is 89.6 Å². The summed E-state index contributed by atoms with van der Waals surface area (Å²) in [5, 5.41) is 20.6. The molecule has 1 spiro atoms. The summed E-state index contributed by atoms with van der Waals surface area (Å²) in [6.07, 6.45) is 5.79. The van der Waals surface area contributed by atoms with Gasteiger partial charge in [0.1, 0.15) is 28.9 Å². The van der Waals surface area contributed by atoms with Crippen molar-refractivity contribution in [2.24, 2.45) is 10.7 Å². The number of thiophene rings is 1. The van der Waals surface area contributed by atoms with Crippen LogP contribution in [-0.2, 0) is 16.6 Å². The number of hydrogen-bond acceptors (Lipinski definition) is 14. The predicted molar refractivity (Wildman–Crippen MR) is 195 cm³/mol. The maximum absolute atomic E-state index is 12.6. The fourth-order valence-electron chi connectivity index (χ4n) is 7.39. The zero-order valence-corrected chi connectivity index (χ0v) is 30.7. The van der Waals surface area contributed by atoms with E-state index in [4.69, 9.17) is 27.8 Å². The first-order chi connectivity index (χ1) is 23.9. The summed E-state index contributed by atoms with van der Waals surface area (Å²) in [5.74, 6) is 0.876. The number of carbonyl (C=O) groups is 1. The van der Waals surface area contributed by atoms with Gasteiger partial charge in [-0.2, -0.15) is 20.5 Å². The largest absolute Gasteiger partial charge is 0.467 e.